The largest absolute Gasteiger partial charge is 0.388 e. The van der Waals surface area contributed by atoms with Crippen LogP contribution in [-0.2, 0) is 23.9 Å². The lowest BCUT2D eigenvalue weighted by Crippen LogP contribution is -2.31. The monoisotopic (exact) mass is 1650 g/mol. The number of imidazole rings is 4. The minimum atomic E-state index is -1.78. The first-order valence-electron chi connectivity index (χ1n) is 42.4. The molecule has 24 heteroatoms. The molecule has 624 valence electrons. The Morgan fingerprint density at radius 2 is 0.839 bits per heavy atom. The maximum atomic E-state index is 16.0. The number of nitrogens with zero attached hydrogens (tertiary/aromatic N) is 12. The lowest BCUT2D eigenvalue weighted by molar-refractivity contribution is 0.117. The molecule has 7 aromatic carbocycles. The number of rotatable bonds is 19. The number of aliphatic hydroxyl groups excluding tert-OH is 1. The Morgan fingerprint density at radius 1 is 0.435 bits per heavy atom. The molecule has 7 N–H and O–H groups in total. The van der Waals surface area contributed by atoms with Crippen LogP contribution < -0.4 is 0 Å². The van der Waals surface area contributed by atoms with Crippen LogP contribution in [0, 0.1) is 61.2 Å². The van der Waals surface area contributed by atoms with Gasteiger partial charge < -0.3 is 58.0 Å². The van der Waals surface area contributed by atoms with Gasteiger partial charge in [-0.15, -0.1) is 0 Å². The molecule has 23 nitrogen and oxygen atoms in total. The van der Waals surface area contributed by atoms with Crippen molar-refractivity contribution in [1.29, 1.82) is 0 Å². The maximum absolute atomic E-state index is 16.0. The molecule has 4 aliphatic rings. The summed E-state index contributed by atoms with van der Waals surface area (Å²) in [5, 5.41) is 64.4. The van der Waals surface area contributed by atoms with E-state index in [2.05, 4.69) is 86.4 Å². The van der Waals surface area contributed by atoms with E-state index in [1.165, 1.54) is 12.8 Å². The Balaban J connectivity index is 0.000000109. The topological polar surface area (TPSA) is 328 Å². The Hall–Kier alpha value is -13.5. The first-order chi connectivity index (χ1) is 60.1. The average molecular weight is 1650 g/mol. The number of nitrogens with one attached hydrogen (secondary N) is 3. The number of H-pyrrole nitrogens is 3. The summed E-state index contributed by atoms with van der Waals surface area (Å²) in [5.41, 5.74) is 17.5. The molecular weight excluding hydrogens is 1560 g/mol. The van der Waals surface area contributed by atoms with Gasteiger partial charge in [0, 0.05) is 106 Å². The zero-order chi connectivity index (χ0) is 85.6. The Labute approximate surface area is 714 Å². The van der Waals surface area contributed by atoms with E-state index in [-0.39, 0.29) is 17.0 Å². The molecule has 22 rings (SSSR count). The van der Waals surface area contributed by atoms with Gasteiger partial charge in [0.15, 0.2) is 11.4 Å². The molecule has 4 fully saturated rings. The lowest BCUT2D eigenvalue weighted by Gasteiger charge is -2.30. The van der Waals surface area contributed by atoms with Crippen LogP contribution in [0.4, 0.5) is 4.39 Å². The highest BCUT2D eigenvalue weighted by Crippen LogP contribution is 2.51. The van der Waals surface area contributed by atoms with Crippen molar-refractivity contribution in [3.63, 3.8) is 0 Å². The molecule has 0 amide bonds. The highest BCUT2D eigenvalue weighted by molar-refractivity contribution is 5.92. The third-order valence-electron chi connectivity index (χ3n) is 24.7. The first-order valence-corrected chi connectivity index (χ1v) is 42.4. The van der Waals surface area contributed by atoms with Crippen LogP contribution in [0.3, 0.4) is 0 Å². The minimum Gasteiger partial charge on any atom is -0.388 e. The predicted molar refractivity (Wildman–Crippen MR) is 470 cm³/mol. The van der Waals surface area contributed by atoms with Crippen molar-refractivity contribution in [1.82, 2.24) is 75.0 Å². The van der Waals surface area contributed by atoms with Crippen molar-refractivity contribution in [3.8, 4) is 44.5 Å². The Bertz CT molecular complexity index is 6560. The second-order valence-electron chi connectivity index (χ2n) is 33.4. The molecule has 11 aromatic heterocycles. The van der Waals surface area contributed by atoms with E-state index in [1.54, 1.807) is 81.1 Å². The second kappa shape index (κ2) is 32.1. The van der Waals surface area contributed by atoms with Gasteiger partial charge in [-0.2, -0.15) is 0 Å². The third kappa shape index (κ3) is 14.5. The van der Waals surface area contributed by atoms with Crippen LogP contribution in [0.1, 0.15) is 219 Å². The number of hydrogen-bond acceptors (Lipinski definition) is 19. The van der Waals surface area contributed by atoms with Gasteiger partial charge in [0.05, 0.1) is 84.4 Å². The molecular formula is C100H94FN15O8. The number of aromatic nitrogens is 15. The van der Waals surface area contributed by atoms with Crippen molar-refractivity contribution >= 4 is 44.1 Å². The lowest BCUT2D eigenvalue weighted by atomic mass is 9.79. The second-order valence-corrected chi connectivity index (χ2v) is 33.4. The number of benzene rings is 7. The molecule has 0 bridgehead atoms. The SMILES string of the molecule is CCC(O)c1cc(-c2c(C)noc2C)cc2nc(C3CC3)n(C)c12.Cc1noc(C)c1-c1cc(C(O)(c2ccccc2)c2ccccc2)c2nc(C3CC3)[nH]c2c1.Cc1noc(C)c1-c1cc(C(O)(c2ccccc2)c2cccnc2)c2nc(C3CC3)[nH]c2c1.Cc1noc(C)c1-c1cc(C(O)(c2ccccn2)c2ccccn2)c2nc(C3CC3)[nH]c2c1F. The number of aryl methyl sites for hydroxylation is 9. The Kier molecular flexibility index (Phi) is 20.7. The first kappa shape index (κ1) is 80.2. The van der Waals surface area contributed by atoms with Gasteiger partial charge in [-0.1, -0.05) is 137 Å². The number of aliphatic hydroxyl groups is 4. The summed E-state index contributed by atoms with van der Waals surface area (Å²) in [6.45, 7) is 17.1. The molecule has 0 saturated heterocycles. The van der Waals surface area contributed by atoms with E-state index in [1.807, 2.05) is 164 Å². The quantitative estimate of drug-likeness (QED) is 0.0370. The van der Waals surface area contributed by atoms with Gasteiger partial charge in [-0.3, -0.25) is 15.0 Å². The number of halogens is 1. The average Bonchev–Trinajstić information content (AvgIpc) is 1.42. The molecule has 124 heavy (non-hydrogen) atoms. The zero-order valence-corrected chi connectivity index (χ0v) is 70.5. The molecule has 0 radical (unpaired) electrons. The molecule has 4 saturated carbocycles. The van der Waals surface area contributed by atoms with E-state index >= 15 is 4.39 Å². The van der Waals surface area contributed by atoms with E-state index < -0.39 is 28.7 Å². The molecule has 0 spiro atoms. The van der Waals surface area contributed by atoms with E-state index in [4.69, 9.17) is 38.0 Å². The van der Waals surface area contributed by atoms with Gasteiger partial charge in [0.2, 0.25) is 0 Å². The maximum Gasteiger partial charge on any atom is 0.176 e. The van der Waals surface area contributed by atoms with Gasteiger partial charge in [0.25, 0.3) is 0 Å². The fourth-order valence-corrected chi connectivity index (χ4v) is 17.8. The number of fused-ring (bicyclic) bond motifs is 4. The summed E-state index contributed by atoms with van der Waals surface area (Å²) in [6, 6.07) is 57.7. The summed E-state index contributed by atoms with van der Waals surface area (Å²) in [5.74, 6) is 7.88. The van der Waals surface area contributed by atoms with Crippen molar-refractivity contribution in [2.75, 3.05) is 0 Å². The zero-order valence-electron chi connectivity index (χ0n) is 70.5. The van der Waals surface area contributed by atoms with Crippen LogP contribution >= 0.6 is 0 Å². The number of pyridine rings is 3. The van der Waals surface area contributed by atoms with Crippen LogP contribution in [0.2, 0.25) is 0 Å². The normalized spacial score (nSPS) is 14.9. The molecule has 18 aromatic rings. The molecule has 2 atom stereocenters. The molecule has 0 aliphatic heterocycles. The predicted octanol–water partition coefficient (Wildman–Crippen LogP) is 20.5. The van der Waals surface area contributed by atoms with Gasteiger partial charge in [0.1, 0.15) is 63.1 Å². The Morgan fingerprint density at radius 3 is 1.24 bits per heavy atom. The van der Waals surface area contributed by atoms with Crippen LogP contribution in [0.5, 0.6) is 0 Å². The van der Waals surface area contributed by atoms with E-state index in [9.17, 15) is 20.4 Å². The molecule has 4 aliphatic carbocycles. The van der Waals surface area contributed by atoms with Crippen molar-refractivity contribution in [3.05, 3.63) is 338 Å². The van der Waals surface area contributed by atoms with Gasteiger partial charge >= 0.3 is 0 Å². The molecule has 2 unspecified atom stereocenters. The van der Waals surface area contributed by atoms with Crippen molar-refractivity contribution < 1.29 is 42.9 Å². The fraction of sp³-hybridized carbons (Fsp3) is 0.270. The molecule has 11 heterocycles. The van der Waals surface area contributed by atoms with E-state index in [0.29, 0.717) is 74.8 Å². The third-order valence-corrected chi connectivity index (χ3v) is 24.7. The van der Waals surface area contributed by atoms with Gasteiger partial charge in [-0.05, 0) is 219 Å². The summed E-state index contributed by atoms with van der Waals surface area (Å²) in [7, 11) is 2.06. The number of aromatic amines is 3. The summed E-state index contributed by atoms with van der Waals surface area (Å²) in [4.78, 5) is 43.1. The fourth-order valence-electron chi connectivity index (χ4n) is 17.8. The summed E-state index contributed by atoms with van der Waals surface area (Å²) < 4.78 is 39.8. The van der Waals surface area contributed by atoms with Crippen LogP contribution in [0.25, 0.3) is 88.6 Å². The van der Waals surface area contributed by atoms with Crippen molar-refractivity contribution in [2.24, 2.45) is 7.05 Å². The highest BCUT2D eigenvalue weighted by Gasteiger charge is 2.44. The summed E-state index contributed by atoms with van der Waals surface area (Å²) in [6.07, 6.45) is 15.8. The van der Waals surface area contributed by atoms with Crippen molar-refractivity contribution in [2.45, 2.75) is 167 Å². The van der Waals surface area contributed by atoms with Gasteiger partial charge in [-0.25, -0.2) is 24.3 Å². The number of hydrogen-bond donors (Lipinski definition) is 7. The minimum absolute atomic E-state index is 0.236. The highest BCUT2D eigenvalue weighted by atomic mass is 19.1. The summed E-state index contributed by atoms with van der Waals surface area (Å²) >= 11 is 0. The smallest absolute Gasteiger partial charge is 0.176 e. The van der Waals surface area contributed by atoms with E-state index in [0.717, 1.165) is 190 Å². The van der Waals surface area contributed by atoms with Crippen LogP contribution in [0.15, 0.2) is 225 Å². The standard InChI is InChI=1S/C28H25N3O2.C27H24N4O2.C26H22FN5O2.C19H23N3O2/c1-17-25(18(2)33-31-17)20-15-23(26-24(16-20)29-27(30-26)19-13-14-19)28(32,21-9-5-3-6-10-21)22-11-7-4-8-12-22;1-16-24(17(2)33-31-16)19-13-22(25-23(14-19)29-26(30-25)18-10-11-18)27(32,20-7-4-3-5-8-20)21-9-6-12-28-15-21;1-14-21(15(2)34-32-14)17-13-18(23-24(22(17)27)31-25(30-23)16-9-10-16)26(33,19-7-3-5-11-28-19)20-8-4-6-12-29-20;1-5-16(23)14-8-13(17-10(2)21-24-11(17)3)9-15-18(14)22(4)19(20-15)12-6-7-12/h3-12,15-16,19,32H,13-14H2,1-2H3,(H,29,30);3-9,12-15,18,32H,10-11H2,1-2H3,(H,29,30);3-8,11-13,16,33H,9-10H2,1-2H3,(H,30,31);8-9,12,16,23H,5-7H2,1-4H3. The van der Waals surface area contributed by atoms with Crippen LogP contribution in [-0.4, -0.2) is 95.5 Å².